The standard InChI is InChI=1S/C12H17FN4O/c1-8(2)10(7-18-3)14-12-15-11-5-4-9(13)6-17(11)16-12/h4-6,8,10H,7H2,1-3H3,(H,14,16). The van der Waals surface area contributed by atoms with E-state index in [1.165, 1.54) is 16.8 Å². The zero-order chi connectivity index (χ0) is 13.1. The Morgan fingerprint density at radius 1 is 1.44 bits per heavy atom. The molecule has 0 aliphatic carbocycles. The number of fused-ring (bicyclic) bond motifs is 1. The lowest BCUT2D eigenvalue weighted by atomic mass is 10.1. The number of hydrogen-bond acceptors (Lipinski definition) is 4. The zero-order valence-corrected chi connectivity index (χ0v) is 10.7. The van der Waals surface area contributed by atoms with Gasteiger partial charge in [-0.2, -0.15) is 4.98 Å². The first-order valence-corrected chi connectivity index (χ1v) is 5.87. The van der Waals surface area contributed by atoms with Gasteiger partial charge in [0.25, 0.3) is 0 Å². The zero-order valence-electron chi connectivity index (χ0n) is 10.7. The Morgan fingerprint density at radius 2 is 2.22 bits per heavy atom. The van der Waals surface area contributed by atoms with Gasteiger partial charge < -0.3 is 10.1 Å². The minimum absolute atomic E-state index is 0.122. The van der Waals surface area contributed by atoms with Gasteiger partial charge in [-0.15, -0.1) is 5.10 Å². The van der Waals surface area contributed by atoms with E-state index < -0.39 is 0 Å². The molecule has 5 nitrogen and oxygen atoms in total. The van der Waals surface area contributed by atoms with Gasteiger partial charge in [-0.25, -0.2) is 8.91 Å². The first-order valence-electron chi connectivity index (χ1n) is 5.87. The minimum atomic E-state index is -0.337. The summed E-state index contributed by atoms with van der Waals surface area (Å²) in [5.41, 5.74) is 0.610. The van der Waals surface area contributed by atoms with Crippen molar-refractivity contribution in [3.05, 3.63) is 24.1 Å². The predicted octanol–water partition coefficient (Wildman–Crippen LogP) is 1.95. The summed E-state index contributed by atoms with van der Waals surface area (Å²) >= 11 is 0. The summed E-state index contributed by atoms with van der Waals surface area (Å²) in [5, 5.41) is 7.37. The molecule has 1 atom stereocenters. The van der Waals surface area contributed by atoms with Gasteiger partial charge in [0, 0.05) is 7.11 Å². The molecule has 2 aromatic rings. The molecule has 1 N–H and O–H groups in total. The van der Waals surface area contributed by atoms with Crippen molar-refractivity contribution in [2.24, 2.45) is 5.92 Å². The smallest absolute Gasteiger partial charge is 0.243 e. The van der Waals surface area contributed by atoms with Crippen LogP contribution in [-0.2, 0) is 4.74 Å². The molecule has 0 saturated carbocycles. The van der Waals surface area contributed by atoms with Gasteiger partial charge in [-0.1, -0.05) is 13.8 Å². The highest BCUT2D eigenvalue weighted by atomic mass is 19.1. The van der Waals surface area contributed by atoms with Gasteiger partial charge in [0.2, 0.25) is 5.95 Å². The molecule has 1 unspecified atom stereocenters. The summed E-state index contributed by atoms with van der Waals surface area (Å²) in [6.07, 6.45) is 1.30. The van der Waals surface area contributed by atoms with Crippen LogP contribution in [0.5, 0.6) is 0 Å². The molecule has 0 spiro atoms. The van der Waals surface area contributed by atoms with Crippen LogP contribution in [0, 0.1) is 11.7 Å². The van der Waals surface area contributed by atoms with Crippen LogP contribution in [0.1, 0.15) is 13.8 Å². The number of pyridine rings is 1. The third kappa shape index (κ3) is 2.76. The molecule has 2 aromatic heterocycles. The van der Waals surface area contributed by atoms with Crippen LogP contribution in [0.25, 0.3) is 5.65 Å². The number of anilines is 1. The van der Waals surface area contributed by atoms with E-state index in [0.717, 1.165) is 0 Å². The summed E-state index contributed by atoms with van der Waals surface area (Å²) < 4.78 is 19.6. The van der Waals surface area contributed by atoms with E-state index in [-0.39, 0.29) is 11.9 Å². The molecular weight excluding hydrogens is 235 g/mol. The Labute approximate surface area is 105 Å². The van der Waals surface area contributed by atoms with E-state index in [0.29, 0.717) is 24.1 Å². The molecule has 0 saturated heterocycles. The minimum Gasteiger partial charge on any atom is -0.383 e. The van der Waals surface area contributed by atoms with Crippen molar-refractivity contribution in [1.82, 2.24) is 14.6 Å². The maximum absolute atomic E-state index is 13.0. The quantitative estimate of drug-likeness (QED) is 0.883. The van der Waals surface area contributed by atoms with Crippen molar-refractivity contribution in [3.8, 4) is 0 Å². The first-order chi connectivity index (χ1) is 8.60. The number of methoxy groups -OCH3 is 1. The molecule has 6 heteroatoms. The van der Waals surface area contributed by atoms with E-state index in [9.17, 15) is 4.39 Å². The lowest BCUT2D eigenvalue weighted by Crippen LogP contribution is -2.30. The predicted molar refractivity (Wildman–Crippen MR) is 67.1 cm³/mol. The molecule has 0 aliphatic heterocycles. The van der Waals surface area contributed by atoms with Crippen molar-refractivity contribution >= 4 is 11.6 Å². The molecule has 98 valence electrons. The Hall–Kier alpha value is -1.69. The van der Waals surface area contributed by atoms with E-state index >= 15 is 0 Å². The monoisotopic (exact) mass is 252 g/mol. The summed E-state index contributed by atoms with van der Waals surface area (Å²) in [6.45, 7) is 4.75. The first kappa shape index (κ1) is 12.8. The van der Waals surface area contributed by atoms with Gasteiger partial charge in [0.05, 0.1) is 18.8 Å². The second kappa shape index (κ2) is 5.30. The Balaban J connectivity index is 2.20. The van der Waals surface area contributed by atoms with E-state index in [1.54, 1.807) is 13.2 Å². The van der Waals surface area contributed by atoms with Gasteiger partial charge in [-0.05, 0) is 18.1 Å². The van der Waals surface area contributed by atoms with E-state index in [4.69, 9.17) is 4.74 Å². The Morgan fingerprint density at radius 3 is 2.89 bits per heavy atom. The maximum atomic E-state index is 13.0. The largest absolute Gasteiger partial charge is 0.383 e. The van der Waals surface area contributed by atoms with Crippen LogP contribution >= 0.6 is 0 Å². The molecule has 2 heterocycles. The average Bonchev–Trinajstić information content (AvgIpc) is 2.69. The lowest BCUT2D eigenvalue weighted by Gasteiger charge is -2.20. The fourth-order valence-corrected chi connectivity index (χ4v) is 1.67. The number of nitrogens with one attached hydrogen (secondary N) is 1. The van der Waals surface area contributed by atoms with Crippen LogP contribution in [-0.4, -0.2) is 34.4 Å². The SMILES string of the molecule is COCC(Nc1nc2ccc(F)cn2n1)C(C)C. The number of nitrogens with zero attached hydrogens (tertiary/aromatic N) is 3. The van der Waals surface area contributed by atoms with Crippen LogP contribution < -0.4 is 5.32 Å². The van der Waals surface area contributed by atoms with Gasteiger partial charge in [-0.3, -0.25) is 0 Å². The summed E-state index contributed by atoms with van der Waals surface area (Å²) in [5.74, 6) is 0.529. The molecular formula is C12H17FN4O. The summed E-state index contributed by atoms with van der Waals surface area (Å²) in [7, 11) is 1.66. The van der Waals surface area contributed by atoms with Crippen molar-refractivity contribution in [2.45, 2.75) is 19.9 Å². The maximum Gasteiger partial charge on any atom is 0.243 e. The molecule has 0 aromatic carbocycles. The molecule has 0 amide bonds. The lowest BCUT2D eigenvalue weighted by molar-refractivity contribution is 0.171. The number of ether oxygens (including phenoxy) is 1. The molecule has 0 fully saturated rings. The molecule has 2 rings (SSSR count). The highest BCUT2D eigenvalue weighted by Crippen LogP contribution is 2.11. The summed E-state index contributed by atoms with van der Waals surface area (Å²) in [4.78, 5) is 4.28. The van der Waals surface area contributed by atoms with Crippen molar-refractivity contribution in [2.75, 3.05) is 19.0 Å². The van der Waals surface area contributed by atoms with Crippen LogP contribution in [0.3, 0.4) is 0 Å². The Bertz CT molecular complexity index is 526. The molecule has 0 radical (unpaired) electrons. The second-order valence-corrected chi connectivity index (χ2v) is 4.54. The van der Waals surface area contributed by atoms with E-state index in [1.807, 2.05) is 0 Å². The van der Waals surface area contributed by atoms with Gasteiger partial charge in [0.15, 0.2) is 5.65 Å². The van der Waals surface area contributed by atoms with Crippen LogP contribution in [0.4, 0.5) is 10.3 Å². The van der Waals surface area contributed by atoms with Crippen molar-refractivity contribution in [1.29, 1.82) is 0 Å². The average molecular weight is 252 g/mol. The molecule has 0 aliphatic rings. The fraction of sp³-hybridized carbons (Fsp3) is 0.500. The highest BCUT2D eigenvalue weighted by molar-refractivity contribution is 5.43. The van der Waals surface area contributed by atoms with Gasteiger partial charge >= 0.3 is 0 Å². The van der Waals surface area contributed by atoms with Gasteiger partial charge in [0.1, 0.15) is 5.82 Å². The van der Waals surface area contributed by atoms with E-state index in [2.05, 4.69) is 29.2 Å². The van der Waals surface area contributed by atoms with Crippen molar-refractivity contribution in [3.63, 3.8) is 0 Å². The fourth-order valence-electron chi connectivity index (χ4n) is 1.67. The Kier molecular flexibility index (Phi) is 3.76. The molecule has 0 bridgehead atoms. The summed E-state index contributed by atoms with van der Waals surface area (Å²) in [6, 6.07) is 3.08. The molecule has 18 heavy (non-hydrogen) atoms. The van der Waals surface area contributed by atoms with Crippen LogP contribution in [0.15, 0.2) is 18.3 Å². The highest BCUT2D eigenvalue weighted by Gasteiger charge is 2.15. The third-order valence-corrected chi connectivity index (χ3v) is 2.76. The van der Waals surface area contributed by atoms with Crippen molar-refractivity contribution < 1.29 is 9.13 Å². The normalized spacial score (nSPS) is 13.2. The number of hydrogen-bond donors (Lipinski definition) is 1. The van der Waals surface area contributed by atoms with Crippen LogP contribution in [0.2, 0.25) is 0 Å². The topological polar surface area (TPSA) is 51.5 Å². The second-order valence-electron chi connectivity index (χ2n) is 4.54. The number of halogens is 1. The number of rotatable bonds is 5. The number of aromatic nitrogens is 3. The third-order valence-electron chi connectivity index (χ3n) is 2.76.